The average Bonchev–Trinajstić information content (AvgIpc) is 2.43. The van der Waals surface area contributed by atoms with Gasteiger partial charge in [-0.1, -0.05) is 0 Å². The van der Waals surface area contributed by atoms with Gasteiger partial charge in [-0.15, -0.1) is 0 Å². The fourth-order valence-corrected chi connectivity index (χ4v) is 2.85. The maximum atomic E-state index is 4.44. The highest BCUT2D eigenvalue weighted by molar-refractivity contribution is 9.10. The molecule has 2 rings (SSSR count). The van der Waals surface area contributed by atoms with Crippen molar-refractivity contribution in [3.8, 4) is 0 Å². The van der Waals surface area contributed by atoms with E-state index in [4.69, 9.17) is 0 Å². The number of nitrogens with one attached hydrogen (secondary N) is 1. The molecule has 0 aliphatic carbocycles. The lowest BCUT2D eigenvalue weighted by atomic mass is 9.94. The number of halogens is 1. The molecule has 0 unspecified atom stereocenters. The van der Waals surface area contributed by atoms with Gasteiger partial charge in [0.1, 0.15) is 0 Å². The van der Waals surface area contributed by atoms with Crippen LogP contribution >= 0.6 is 15.9 Å². The van der Waals surface area contributed by atoms with Crippen LogP contribution in [-0.4, -0.2) is 22.9 Å². The summed E-state index contributed by atoms with van der Waals surface area (Å²) in [7, 11) is 2.04. The predicted octanol–water partition coefficient (Wildman–Crippen LogP) is 1.96. The standard InChI is InChI=1S/C10H16BrN3/c1-7-9(11)10(14(2)13-7)8-3-5-12-6-4-8/h8,12H,3-6H2,1-2H3. The monoisotopic (exact) mass is 257 g/mol. The second kappa shape index (κ2) is 4.03. The van der Waals surface area contributed by atoms with Crippen LogP contribution in [0.15, 0.2) is 4.47 Å². The summed E-state index contributed by atoms with van der Waals surface area (Å²) in [4.78, 5) is 0. The first-order valence-corrected chi connectivity index (χ1v) is 5.89. The van der Waals surface area contributed by atoms with E-state index in [2.05, 4.69) is 33.3 Å². The number of rotatable bonds is 1. The summed E-state index contributed by atoms with van der Waals surface area (Å²) in [6.07, 6.45) is 2.44. The number of hydrogen-bond acceptors (Lipinski definition) is 2. The molecular weight excluding hydrogens is 242 g/mol. The van der Waals surface area contributed by atoms with Crippen molar-refractivity contribution in [3.63, 3.8) is 0 Å². The topological polar surface area (TPSA) is 29.9 Å². The quantitative estimate of drug-likeness (QED) is 0.834. The molecule has 1 N–H and O–H groups in total. The van der Waals surface area contributed by atoms with Gasteiger partial charge < -0.3 is 5.32 Å². The first kappa shape index (κ1) is 10.2. The number of piperidine rings is 1. The summed E-state index contributed by atoms with van der Waals surface area (Å²) >= 11 is 3.63. The van der Waals surface area contributed by atoms with Crippen LogP contribution in [0.4, 0.5) is 0 Å². The maximum Gasteiger partial charge on any atom is 0.0738 e. The van der Waals surface area contributed by atoms with Gasteiger partial charge in [0.15, 0.2) is 0 Å². The predicted molar refractivity (Wildman–Crippen MR) is 60.5 cm³/mol. The van der Waals surface area contributed by atoms with Crippen LogP contribution < -0.4 is 5.32 Å². The third kappa shape index (κ3) is 1.73. The minimum Gasteiger partial charge on any atom is -0.317 e. The Morgan fingerprint density at radius 1 is 1.43 bits per heavy atom. The van der Waals surface area contributed by atoms with Gasteiger partial charge in [0, 0.05) is 13.0 Å². The van der Waals surface area contributed by atoms with Crippen LogP contribution in [0, 0.1) is 6.92 Å². The van der Waals surface area contributed by atoms with E-state index in [0.717, 1.165) is 18.8 Å². The third-order valence-electron chi connectivity index (χ3n) is 2.92. The Hall–Kier alpha value is -0.350. The summed E-state index contributed by atoms with van der Waals surface area (Å²) in [5.74, 6) is 0.664. The van der Waals surface area contributed by atoms with Crippen molar-refractivity contribution >= 4 is 15.9 Å². The zero-order valence-corrected chi connectivity index (χ0v) is 10.3. The first-order valence-electron chi connectivity index (χ1n) is 5.10. The van der Waals surface area contributed by atoms with E-state index < -0.39 is 0 Å². The molecule has 0 amide bonds. The Labute approximate surface area is 93.0 Å². The van der Waals surface area contributed by atoms with Gasteiger partial charge in [-0.25, -0.2) is 0 Å². The van der Waals surface area contributed by atoms with Crippen molar-refractivity contribution < 1.29 is 0 Å². The van der Waals surface area contributed by atoms with Gasteiger partial charge in [-0.2, -0.15) is 5.10 Å². The molecule has 1 aromatic heterocycles. The van der Waals surface area contributed by atoms with Crippen molar-refractivity contribution in [1.82, 2.24) is 15.1 Å². The molecule has 1 aliphatic heterocycles. The van der Waals surface area contributed by atoms with Gasteiger partial charge in [-0.3, -0.25) is 4.68 Å². The molecule has 0 spiro atoms. The number of hydrogen-bond donors (Lipinski definition) is 1. The number of nitrogens with zero attached hydrogens (tertiary/aromatic N) is 2. The molecule has 0 radical (unpaired) electrons. The average molecular weight is 258 g/mol. The molecular formula is C10H16BrN3. The SMILES string of the molecule is Cc1nn(C)c(C2CCNCC2)c1Br. The molecule has 0 atom stereocenters. The summed E-state index contributed by atoms with van der Waals surface area (Å²) in [6.45, 7) is 4.30. The summed E-state index contributed by atoms with van der Waals surface area (Å²) in [6, 6.07) is 0. The van der Waals surface area contributed by atoms with E-state index in [-0.39, 0.29) is 0 Å². The molecule has 78 valence electrons. The highest BCUT2D eigenvalue weighted by Gasteiger charge is 2.22. The molecule has 1 aromatic rings. The Morgan fingerprint density at radius 3 is 2.57 bits per heavy atom. The second-order valence-electron chi connectivity index (χ2n) is 3.93. The molecule has 14 heavy (non-hydrogen) atoms. The van der Waals surface area contributed by atoms with Gasteiger partial charge in [0.05, 0.1) is 15.9 Å². The molecule has 0 bridgehead atoms. The first-order chi connectivity index (χ1) is 6.70. The zero-order chi connectivity index (χ0) is 10.1. The second-order valence-corrected chi connectivity index (χ2v) is 4.73. The molecule has 4 heteroatoms. The Bertz CT molecular complexity index is 326. The minimum atomic E-state index is 0.664. The number of aryl methyl sites for hydroxylation is 2. The van der Waals surface area contributed by atoms with Crippen LogP contribution in [0.25, 0.3) is 0 Å². The van der Waals surface area contributed by atoms with Crippen LogP contribution in [0.3, 0.4) is 0 Å². The fraction of sp³-hybridized carbons (Fsp3) is 0.700. The largest absolute Gasteiger partial charge is 0.317 e. The van der Waals surface area contributed by atoms with E-state index in [1.807, 2.05) is 11.7 Å². The molecule has 0 saturated carbocycles. The van der Waals surface area contributed by atoms with Gasteiger partial charge in [0.25, 0.3) is 0 Å². The van der Waals surface area contributed by atoms with Crippen molar-refractivity contribution in [2.75, 3.05) is 13.1 Å². The van der Waals surface area contributed by atoms with E-state index in [9.17, 15) is 0 Å². The molecule has 1 aliphatic rings. The van der Waals surface area contributed by atoms with Crippen LogP contribution in [0.2, 0.25) is 0 Å². The highest BCUT2D eigenvalue weighted by atomic mass is 79.9. The minimum absolute atomic E-state index is 0.664. The number of aromatic nitrogens is 2. The summed E-state index contributed by atoms with van der Waals surface area (Å²) < 4.78 is 3.22. The summed E-state index contributed by atoms with van der Waals surface area (Å²) in [5.41, 5.74) is 2.46. The zero-order valence-electron chi connectivity index (χ0n) is 8.68. The Balaban J connectivity index is 2.29. The lowest BCUT2D eigenvalue weighted by molar-refractivity contribution is 0.438. The Kier molecular flexibility index (Phi) is 2.93. The molecule has 1 saturated heterocycles. The third-order valence-corrected chi connectivity index (χ3v) is 3.90. The van der Waals surface area contributed by atoms with Crippen LogP contribution in [0.5, 0.6) is 0 Å². The van der Waals surface area contributed by atoms with Crippen molar-refractivity contribution in [1.29, 1.82) is 0 Å². The summed E-state index contributed by atoms with van der Waals surface area (Å²) in [5, 5.41) is 7.82. The van der Waals surface area contributed by atoms with Gasteiger partial charge >= 0.3 is 0 Å². The van der Waals surface area contributed by atoms with E-state index in [0.29, 0.717) is 5.92 Å². The lowest BCUT2D eigenvalue weighted by Gasteiger charge is -2.23. The van der Waals surface area contributed by atoms with Crippen LogP contribution in [0.1, 0.15) is 30.1 Å². The molecule has 0 aromatic carbocycles. The molecule has 3 nitrogen and oxygen atoms in total. The maximum absolute atomic E-state index is 4.44. The van der Waals surface area contributed by atoms with Crippen molar-refractivity contribution in [2.45, 2.75) is 25.7 Å². The Morgan fingerprint density at radius 2 is 2.07 bits per heavy atom. The van der Waals surface area contributed by atoms with Crippen LogP contribution in [-0.2, 0) is 7.05 Å². The van der Waals surface area contributed by atoms with E-state index >= 15 is 0 Å². The highest BCUT2D eigenvalue weighted by Crippen LogP contribution is 2.32. The fourth-order valence-electron chi connectivity index (χ4n) is 2.19. The van der Waals surface area contributed by atoms with Gasteiger partial charge in [-0.05, 0) is 48.8 Å². The smallest absolute Gasteiger partial charge is 0.0738 e. The van der Waals surface area contributed by atoms with E-state index in [1.165, 1.54) is 23.0 Å². The molecule has 2 heterocycles. The van der Waals surface area contributed by atoms with Crippen molar-refractivity contribution in [2.24, 2.45) is 7.05 Å². The van der Waals surface area contributed by atoms with E-state index in [1.54, 1.807) is 0 Å². The normalized spacial score (nSPS) is 18.8. The molecule has 1 fully saturated rings. The van der Waals surface area contributed by atoms with Gasteiger partial charge in [0.2, 0.25) is 0 Å². The van der Waals surface area contributed by atoms with Crippen molar-refractivity contribution in [3.05, 3.63) is 15.9 Å². The lowest BCUT2D eigenvalue weighted by Crippen LogP contribution is -2.27.